The summed E-state index contributed by atoms with van der Waals surface area (Å²) in [5.41, 5.74) is 7.94. The molecular weight excluding hydrogens is 378 g/mol. The number of hydrogen-bond donors (Lipinski definition) is 3. The van der Waals surface area contributed by atoms with Crippen molar-refractivity contribution in [1.82, 2.24) is 9.97 Å². The first-order valence-corrected chi connectivity index (χ1v) is 9.36. The number of ketones is 1. The van der Waals surface area contributed by atoms with E-state index in [4.69, 9.17) is 5.73 Å². The van der Waals surface area contributed by atoms with Crippen LogP contribution in [-0.2, 0) is 11.1 Å². The molecule has 3 aromatic rings. The number of pyridine rings is 1. The standard InChI is InChI=1S/C19H19N5O3S/c1-11(20)8-16(21-2)18(25)15-10-22-19-14(15)6-7-17(24-19)23-12-4-3-5-13(9-12)28(26)27/h3-10H,20H2,1-2H3,(H,26,27)(H2,22,23,24)/p-1. The molecule has 2 heterocycles. The van der Waals surface area contributed by atoms with Crippen molar-refractivity contribution in [3.8, 4) is 0 Å². The fourth-order valence-electron chi connectivity index (χ4n) is 2.67. The van der Waals surface area contributed by atoms with Gasteiger partial charge in [0.1, 0.15) is 17.2 Å². The Labute approximate surface area is 163 Å². The van der Waals surface area contributed by atoms with Gasteiger partial charge in [0.15, 0.2) is 0 Å². The molecule has 0 bridgehead atoms. The van der Waals surface area contributed by atoms with E-state index in [1.807, 2.05) is 0 Å². The predicted molar refractivity (Wildman–Crippen MR) is 109 cm³/mol. The van der Waals surface area contributed by atoms with E-state index in [2.05, 4.69) is 20.3 Å². The summed E-state index contributed by atoms with van der Waals surface area (Å²) >= 11 is -2.31. The summed E-state index contributed by atoms with van der Waals surface area (Å²) < 4.78 is 22.2. The van der Waals surface area contributed by atoms with Crippen LogP contribution < -0.4 is 11.1 Å². The van der Waals surface area contributed by atoms with Crippen molar-refractivity contribution >= 4 is 45.1 Å². The lowest BCUT2D eigenvalue weighted by molar-refractivity contribution is 0.106. The predicted octanol–water partition coefficient (Wildman–Crippen LogP) is 2.66. The largest absolute Gasteiger partial charge is 0.768 e. The van der Waals surface area contributed by atoms with Gasteiger partial charge in [0, 0.05) is 34.9 Å². The first kappa shape index (κ1) is 19.5. The number of anilines is 2. The Hall–Kier alpha value is -3.30. The van der Waals surface area contributed by atoms with E-state index in [9.17, 15) is 13.6 Å². The fraction of sp³-hybridized carbons (Fsp3) is 0.105. The molecule has 4 N–H and O–H groups in total. The number of carbonyl (C=O) groups is 1. The van der Waals surface area contributed by atoms with Crippen LogP contribution in [0.4, 0.5) is 11.5 Å². The van der Waals surface area contributed by atoms with E-state index in [-0.39, 0.29) is 16.4 Å². The van der Waals surface area contributed by atoms with Crippen LogP contribution in [0.2, 0.25) is 0 Å². The number of nitrogens with one attached hydrogen (secondary N) is 2. The Bertz CT molecular complexity index is 1130. The second-order valence-electron chi connectivity index (χ2n) is 6.01. The summed E-state index contributed by atoms with van der Waals surface area (Å²) in [5.74, 6) is 0.246. The number of allylic oxidation sites excluding steroid dienone is 2. The van der Waals surface area contributed by atoms with Gasteiger partial charge in [-0.25, -0.2) is 4.98 Å². The van der Waals surface area contributed by atoms with Crippen LogP contribution in [0.25, 0.3) is 11.0 Å². The molecule has 2 aromatic heterocycles. The molecule has 8 nitrogen and oxygen atoms in total. The number of hydrogen-bond acceptors (Lipinski definition) is 7. The number of benzene rings is 1. The highest BCUT2D eigenvalue weighted by Gasteiger charge is 2.17. The molecule has 1 aromatic carbocycles. The minimum Gasteiger partial charge on any atom is -0.768 e. The van der Waals surface area contributed by atoms with Gasteiger partial charge in [-0.3, -0.25) is 14.0 Å². The van der Waals surface area contributed by atoms with Gasteiger partial charge in [-0.1, -0.05) is 6.07 Å². The zero-order valence-corrected chi connectivity index (χ0v) is 16.0. The van der Waals surface area contributed by atoms with Gasteiger partial charge >= 0.3 is 0 Å². The summed E-state index contributed by atoms with van der Waals surface area (Å²) in [5, 5.41) is 3.70. The van der Waals surface area contributed by atoms with Crippen molar-refractivity contribution in [1.29, 1.82) is 0 Å². The van der Waals surface area contributed by atoms with E-state index < -0.39 is 11.1 Å². The molecule has 144 valence electrons. The molecule has 0 aliphatic rings. The molecule has 1 unspecified atom stereocenters. The van der Waals surface area contributed by atoms with Crippen LogP contribution in [0.15, 0.2) is 64.3 Å². The molecular formula is C19H18N5O3S-. The normalized spacial score (nSPS) is 13.5. The molecule has 1 atom stereocenters. The molecule has 0 amide bonds. The summed E-state index contributed by atoms with van der Waals surface area (Å²) in [6.07, 6.45) is 3.10. The average molecular weight is 396 g/mol. The van der Waals surface area contributed by atoms with Crippen LogP contribution in [0.5, 0.6) is 0 Å². The van der Waals surface area contributed by atoms with Gasteiger partial charge in [-0.2, -0.15) is 0 Å². The number of rotatable bonds is 6. The SMILES string of the molecule is CN=C(C=C(C)N)C(=O)c1c[nH]c2nc(Nc3cccc(S(=O)[O-])c3)ccc12. The van der Waals surface area contributed by atoms with Crippen molar-refractivity contribution in [3.05, 3.63) is 59.9 Å². The maximum absolute atomic E-state index is 12.7. The number of aliphatic imine (C=N–C) groups is 1. The summed E-state index contributed by atoms with van der Waals surface area (Å²) in [7, 11) is 1.53. The average Bonchev–Trinajstić information content (AvgIpc) is 3.08. The molecule has 0 radical (unpaired) electrons. The molecule has 0 spiro atoms. The first-order valence-electron chi connectivity index (χ1n) is 8.29. The Kier molecular flexibility index (Phi) is 5.67. The molecule has 28 heavy (non-hydrogen) atoms. The summed E-state index contributed by atoms with van der Waals surface area (Å²) in [6, 6.07) is 9.84. The smallest absolute Gasteiger partial charge is 0.213 e. The van der Waals surface area contributed by atoms with Crippen LogP contribution in [0.3, 0.4) is 0 Å². The van der Waals surface area contributed by atoms with Crippen LogP contribution in [0.1, 0.15) is 17.3 Å². The summed E-state index contributed by atoms with van der Waals surface area (Å²) in [6.45, 7) is 1.69. The highest BCUT2D eigenvalue weighted by atomic mass is 32.2. The van der Waals surface area contributed by atoms with E-state index in [1.165, 1.54) is 25.3 Å². The van der Waals surface area contributed by atoms with Crippen molar-refractivity contribution in [2.24, 2.45) is 10.7 Å². The van der Waals surface area contributed by atoms with Crippen molar-refractivity contribution in [2.45, 2.75) is 11.8 Å². The van der Waals surface area contributed by atoms with Gasteiger partial charge in [0.05, 0.1) is 5.56 Å². The third kappa shape index (κ3) is 4.16. The third-order valence-corrected chi connectivity index (χ3v) is 4.56. The number of aromatic nitrogens is 2. The van der Waals surface area contributed by atoms with Gasteiger partial charge in [0.25, 0.3) is 0 Å². The number of fused-ring (bicyclic) bond motifs is 1. The van der Waals surface area contributed by atoms with Crippen molar-refractivity contribution in [2.75, 3.05) is 12.4 Å². The number of aromatic amines is 1. The Morgan fingerprint density at radius 3 is 2.82 bits per heavy atom. The molecule has 0 fully saturated rings. The zero-order valence-electron chi connectivity index (χ0n) is 15.2. The second-order valence-corrected chi connectivity index (χ2v) is 6.95. The highest BCUT2D eigenvalue weighted by molar-refractivity contribution is 7.79. The number of Topliss-reactive ketones (excluding diaryl/α,β-unsaturated/α-hetero) is 1. The van der Waals surface area contributed by atoms with E-state index >= 15 is 0 Å². The number of nitrogens with zero attached hydrogens (tertiary/aromatic N) is 2. The van der Waals surface area contributed by atoms with Crippen LogP contribution >= 0.6 is 0 Å². The molecule has 0 aliphatic carbocycles. The van der Waals surface area contributed by atoms with Crippen molar-refractivity contribution < 1.29 is 13.6 Å². The molecule has 3 rings (SSSR count). The minimum atomic E-state index is -2.31. The third-order valence-electron chi connectivity index (χ3n) is 3.92. The van der Waals surface area contributed by atoms with Crippen molar-refractivity contribution in [3.63, 3.8) is 0 Å². The molecule has 0 saturated carbocycles. The van der Waals surface area contributed by atoms with Gasteiger partial charge in [0.2, 0.25) is 5.78 Å². The lowest BCUT2D eigenvalue weighted by atomic mass is 10.1. The lowest BCUT2D eigenvalue weighted by Gasteiger charge is -2.09. The molecule has 9 heteroatoms. The van der Waals surface area contributed by atoms with Gasteiger partial charge in [-0.15, -0.1) is 0 Å². The minimum absolute atomic E-state index is 0.175. The maximum Gasteiger partial charge on any atom is 0.213 e. The highest BCUT2D eigenvalue weighted by Crippen LogP contribution is 2.23. The fourth-order valence-corrected chi connectivity index (χ4v) is 3.09. The molecule has 0 aliphatic heterocycles. The number of H-pyrrole nitrogens is 1. The Balaban J connectivity index is 1.90. The monoisotopic (exact) mass is 396 g/mol. The van der Waals surface area contributed by atoms with Gasteiger partial charge in [-0.05, 0) is 54.4 Å². The van der Waals surface area contributed by atoms with E-state index in [0.29, 0.717) is 33.8 Å². The van der Waals surface area contributed by atoms with E-state index in [1.54, 1.807) is 37.4 Å². The Morgan fingerprint density at radius 1 is 1.36 bits per heavy atom. The lowest BCUT2D eigenvalue weighted by Crippen LogP contribution is -2.13. The topological polar surface area (TPSA) is 136 Å². The maximum atomic E-state index is 12.7. The number of carbonyl (C=O) groups excluding carboxylic acids is 1. The quantitative estimate of drug-likeness (QED) is 0.333. The van der Waals surface area contributed by atoms with Crippen LogP contribution in [0, 0.1) is 0 Å². The Morgan fingerprint density at radius 2 is 2.14 bits per heavy atom. The van der Waals surface area contributed by atoms with Crippen LogP contribution in [-0.4, -0.2) is 37.3 Å². The second kappa shape index (κ2) is 8.15. The molecule has 0 saturated heterocycles. The van der Waals surface area contributed by atoms with E-state index in [0.717, 1.165) is 0 Å². The first-order chi connectivity index (χ1) is 13.4. The number of nitrogens with two attached hydrogens (primary N) is 1. The zero-order chi connectivity index (χ0) is 20.3. The summed E-state index contributed by atoms with van der Waals surface area (Å²) in [4.78, 5) is 24.3. The van der Waals surface area contributed by atoms with Gasteiger partial charge < -0.3 is 20.6 Å².